The topological polar surface area (TPSA) is 53.7 Å². The Bertz CT molecular complexity index is 676. The van der Waals surface area contributed by atoms with Crippen molar-refractivity contribution in [3.05, 3.63) is 11.9 Å². The zero-order chi connectivity index (χ0) is 15.3. The van der Waals surface area contributed by atoms with Crippen molar-refractivity contribution in [3.8, 4) is 0 Å². The number of aryl methyl sites for hydroxylation is 1. The molecule has 2 aliphatic heterocycles. The predicted octanol–water partition coefficient (Wildman–Crippen LogP) is 2.08. The molecule has 0 unspecified atom stereocenters. The molecule has 0 bridgehead atoms. The molecule has 0 saturated carbocycles. The van der Waals surface area contributed by atoms with Crippen molar-refractivity contribution in [2.24, 2.45) is 0 Å². The van der Waals surface area contributed by atoms with E-state index in [4.69, 9.17) is 5.10 Å². The Kier molecular flexibility index (Phi) is 3.32. The third-order valence-electron chi connectivity index (χ3n) is 4.85. The van der Waals surface area contributed by atoms with E-state index in [1.165, 1.54) is 6.42 Å². The number of anilines is 1. The fourth-order valence-electron chi connectivity index (χ4n) is 3.93. The van der Waals surface area contributed by atoms with E-state index in [0.717, 1.165) is 48.1 Å². The van der Waals surface area contributed by atoms with Crippen molar-refractivity contribution < 1.29 is 4.79 Å². The van der Waals surface area contributed by atoms with E-state index in [1.54, 1.807) is 18.3 Å². The van der Waals surface area contributed by atoms with E-state index in [9.17, 15) is 4.79 Å². The summed E-state index contributed by atoms with van der Waals surface area (Å²) in [6, 6.07) is 0.751. The molecule has 0 N–H and O–H groups in total. The monoisotopic (exact) mass is 319 g/mol. The van der Waals surface area contributed by atoms with Crippen LogP contribution in [-0.2, 0) is 4.79 Å². The molecule has 4 heterocycles. The van der Waals surface area contributed by atoms with Crippen molar-refractivity contribution >= 4 is 27.3 Å². The molecule has 2 aromatic rings. The molecule has 0 spiro atoms. The number of nitrogens with zero attached hydrogens (tertiary/aromatic N) is 5. The van der Waals surface area contributed by atoms with Gasteiger partial charge in [-0.2, -0.15) is 0 Å². The van der Waals surface area contributed by atoms with Gasteiger partial charge < -0.3 is 9.80 Å². The van der Waals surface area contributed by atoms with Gasteiger partial charge in [-0.05, 0) is 32.6 Å². The first-order valence-corrected chi connectivity index (χ1v) is 8.82. The van der Waals surface area contributed by atoms with Crippen LogP contribution in [-0.4, -0.2) is 50.6 Å². The molecular formula is C15H21N5OS. The Morgan fingerprint density at radius 1 is 1.27 bits per heavy atom. The number of hydrogen-bond acceptors (Lipinski definition) is 5. The number of imidazole rings is 1. The normalized spacial score (nSPS) is 25.5. The van der Waals surface area contributed by atoms with Crippen LogP contribution in [0, 0.1) is 6.92 Å². The molecule has 6 nitrogen and oxygen atoms in total. The Morgan fingerprint density at radius 3 is 2.82 bits per heavy atom. The summed E-state index contributed by atoms with van der Waals surface area (Å²) in [4.78, 5) is 21.8. The van der Waals surface area contributed by atoms with Crippen LogP contribution in [0.3, 0.4) is 0 Å². The molecule has 2 atom stereocenters. The molecule has 0 radical (unpaired) electrons. The van der Waals surface area contributed by atoms with Crippen LogP contribution in [0.25, 0.3) is 4.96 Å². The van der Waals surface area contributed by atoms with Crippen molar-refractivity contribution in [2.75, 3.05) is 18.0 Å². The summed E-state index contributed by atoms with van der Waals surface area (Å²) in [6.45, 7) is 5.62. The molecule has 0 aliphatic carbocycles. The number of carbonyl (C=O) groups excluding carboxylic acids is 1. The number of aromatic nitrogens is 3. The summed E-state index contributed by atoms with van der Waals surface area (Å²) in [7, 11) is 0. The number of likely N-dealkylation sites (tertiary alicyclic amines) is 1. The lowest BCUT2D eigenvalue weighted by Crippen LogP contribution is -2.47. The molecular weight excluding hydrogens is 298 g/mol. The van der Waals surface area contributed by atoms with Gasteiger partial charge in [0.2, 0.25) is 16.0 Å². The summed E-state index contributed by atoms with van der Waals surface area (Å²) in [5, 5.41) is 5.74. The highest BCUT2D eigenvalue weighted by molar-refractivity contribution is 7.20. The van der Waals surface area contributed by atoms with E-state index < -0.39 is 0 Å². The minimum absolute atomic E-state index is 0.207. The number of rotatable bonds is 2. The van der Waals surface area contributed by atoms with Crippen molar-refractivity contribution in [2.45, 2.75) is 51.6 Å². The molecule has 0 aromatic carbocycles. The minimum atomic E-state index is 0.207. The van der Waals surface area contributed by atoms with Gasteiger partial charge in [0.15, 0.2) is 0 Å². The largest absolute Gasteiger partial charge is 0.342 e. The average molecular weight is 319 g/mol. The number of amides is 1. The molecule has 4 rings (SSSR count). The Balaban J connectivity index is 1.62. The molecule has 7 heteroatoms. The van der Waals surface area contributed by atoms with Gasteiger partial charge >= 0.3 is 0 Å². The summed E-state index contributed by atoms with van der Waals surface area (Å²) in [5.74, 6) is 0.207. The van der Waals surface area contributed by atoms with Crippen LogP contribution in [0.4, 0.5) is 5.13 Å². The van der Waals surface area contributed by atoms with E-state index in [0.29, 0.717) is 12.1 Å². The fourth-order valence-corrected chi connectivity index (χ4v) is 4.94. The second-order valence-corrected chi connectivity index (χ2v) is 7.25. The van der Waals surface area contributed by atoms with Crippen LogP contribution >= 0.6 is 11.3 Å². The molecule has 2 aliphatic rings. The second-order valence-electron chi connectivity index (χ2n) is 6.32. The lowest BCUT2D eigenvalue weighted by molar-refractivity contribution is -0.129. The van der Waals surface area contributed by atoms with Crippen LogP contribution < -0.4 is 4.90 Å². The first kappa shape index (κ1) is 14.0. The van der Waals surface area contributed by atoms with Gasteiger partial charge in [-0.25, -0.2) is 9.50 Å². The van der Waals surface area contributed by atoms with E-state index >= 15 is 0 Å². The van der Waals surface area contributed by atoms with E-state index in [-0.39, 0.29) is 5.91 Å². The van der Waals surface area contributed by atoms with Gasteiger partial charge in [-0.3, -0.25) is 4.79 Å². The fraction of sp³-hybridized carbons (Fsp3) is 0.667. The van der Waals surface area contributed by atoms with Crippen LogP contribution in [0.15, 0.2) is 6.20 Å². The quantitative estimate of drug-likeness (QED) is 0.850. The molecule has 118 valence electrons. The van der Waals surface area contributed by atoms with Crippen LogP contribution in [0.1, 0.15) is 38.3 Å². The maximum Gasteiger partial charge on any atom is 0.219 e. The number of hydrogen-bond donors (Lipinski definition) is 0. The molecule has 2 saturated heterocycles. The summed E-state index contributed by atoms with van der Waals surface area (Å²) >= 11 is 1.65. The maximum absolute atomic E-state index is 11.9. The van der Waals surface area contributed by atoms with Crippen molar-refractivity contribution in [1.82, 2.24) is 19.5 Å². The minimum Gasteiger partial charge on any atom is -0.342 e. The van der Waals surface area contributed by atoms with Gasteiger partial charge in [-0.1, -0.05) is 11.3 Å². The highest BCUT2D eigenvalue weighted by Crippen LogP contribution is 2.35. The SMILES string of the molecule is CC(=O)N1CCC[C@@H]1[C@H]1CCCN1c1nn2cc(C)nc2s1. The highest BCUT2D eigenvalue weighted by atomic mass is 32.1. The predicted molar refractivity (Wildman–Crippen MR) is 86.4 cm³/mol. The van der Waals surface area contributed by atoms with Gasteiger partial charge in [0.1, 0.15) is 0 Å². The molecule has 1 amide bonds. The van der Waals surface area contributed by atoms with Gasteiger partial charge in [0.05, 0.1) is 24.0 Å². The zero-order valence-electron chi connectivity index (χ0n) is 13.0. The Hall–Kier alpha value is -1.63. The van der Waals surface area contributed by atoms with E-state index in [2.05, 4.69) is 14.8 Å². The number of carbonyl (C=O) groups is 1. The van der Waals surface area contributed by atoms with Gasteiger partial charge in [0, 0.05) is 20.0 Å². The van der Waals surface area contributed by atoms with Crippen molar-refractivity contribution in [1.29, 1.82) is 0 Å². The lowest BCUT2D eigenvalue weighted by Gasteiger charge is -2.34. The molecule has 2 aromatic heterocycles. The van der Waals surface area contributed by atoms with Gasteiger partial charge in [0.25, 0.3) is 0 Å². The average Bonchev–Trinajstić information content (AvgIpc) is 3.19. The van der Waals surface area contributed by atoms with E-state index in [1.807, 2.05) is 17.6 Å². The molecule has 2 fully saturated rings. The lowest BCUT2D eigenvalue weighted by atomic mass is 10.0. The summed E-state index contributed by atoms with van der Waals surface area (Å²) < 4.78 is 1.88. The zero-order valence-corrected chi connectivity index (χ0v) is 13.8. The smallest absolute Gasteiger partial charge is 0.219 e. The first-order chi connectivity index (χ1) is 10.6. The maximum atomic E-state index is 11.9. The molecule has 22 heavy (non-hydrogen) atoms. The Morgan fingerprint density at radius 2 is 2.05 bits per heavy atom. The van der Waals surface area contributed by atoms with Crippen LogP contribution in [0.5, 0.6) is 0 Å². The standard InChI is InChI=1S/C15H21N5OS/c1-10-9-20-14(16-10)22-15(17-20)19-8-4-6-13(19)12-5-3-7-18(12)11(2)21/h9,12-13H,3-8H2,1-2H3/t12-,13-/m1/s1. The first-order valence-electron chi connectivity index (χ1n) is 8.00. The Labute approximate surface area is 133 Å². The van der Waals surface area contributed by atoms with Crippen molar-refractivity contribution in [3.63, 3.8) is 0 Å². The summed E-state index contributed by atoms with van der Waals surface area (Å²) in [6.07, 6.45) is 6.53. The third kappa shape index (κ3) is 2.18. The van der Waals surface area contributed by atoms with Gasteiger partial charge in [-0.15, -0.1) is 5.10 Å². The highest BCUT2D eigenvalue weighted by Gasteiger charge is 2.39. The number of fused-ring (bicyclic) bond motifs is 1. The van der Waals surface area contributed by atoms with Crippen LogP contribution in [0.2, 0.25) is 0 Å². The second kappa shape index (κ2) is 5.22. The summed E-state index contributed by atoms with van der Waals surface area (Å²) in [5.41, 5.74) is 1.00. The third-order valence-corrected chi connectivity index (χ3v) is 5.81.